The van der Waals surface area contributed by atoms with E-state index < -0.39 is 0 Å². The number of hydrogen-bond donors (Lipinski definition) is 0. The zero-order valence-electron chi connectivity index (χ0n) is 17.0. The minimum atomic E-state index is -0.379. The molecule has 2 nitrogen and oxygen atoms in total. The van der Waals surface area contributed by atoms with Crippen molar-refractivity contribution in [3.8, 4) is 0 Å². The van der Waals surface area contributed by atoms with Gasteiger partial charge in [0.25, 0.3) is 0 Å². The molecule has 0 spiro atoms. The van der Waals surface area contributed by atoms with E-state index in [2.05, 4.69) is 53.7 Å². The number of rotatable bonds is 10. The fraction of sp³-hybridized carbons (Fsp3) is 0.818. The monoisotopic (exact) mass is 336 g/mol. The van der Waals surface area contributed by atoms with Crippen LogP contribution in [0.3, 0.4) is 0 Å². The van der Waals surface area contributed by atoms with Gasteiger partial charge in [-0.1, -0.05) is 50.5 Å². The molecule has 0 saturated carbocycles. The molecule has 0 aromatic carbocycles. The summed E-state index contributed by atoms with van der Waals surface area (Å²) in [6.45, 7) is 15.0. The Morgan fingerprint density at radius 1 is 1.04 bits per heavy atom. The maximum Gasteiger partial charge on any atom is 0.165 e. The Hall–Kier alpha value is -0.600. The van der Waals surface area contributed by atoms with Gasteiger partial charge in [-0.05, 0) is 58.8 Å². The average molecular weight is 337 g/mol. The van der Waals surface area contributed by atoms with Crippen LogP contribution in [0.15, 0.2) is 23.3 Å². The molecule has 1 saturated heterocycles. The minimum Gasteiger partial charge on any atom is -0.350 e. The molecule has 1 aliphatic heterocycles. The van der Waals surface area contributed by atoms with Gasteiger partial charge in [-0.2, -0.15) is 0 Å². The lowest BCUT2D eigenvalue weighted by Gasteiger charge is -2.36. The highest BCUT2D eigenvalue weighted by Crippen LogP contribution is 2.26. The van der Waals surface area contributed by atoms with E-state index in [0.29, 0.717) is 5.92 Å². The van der Waals surface area contributed by atoms with Crippen LogP contribution in [0.2, 0.25) is 0 Å². The maximum absolute atomic E-state index is 5.87. The summed E-state index contributed by atoms with van der Waals surface area (Å²) in [5.41, 5.74) is 3.03. The van der Waals surface area contributed by atoms with Crippen molar-refractivity contribution in [1.82, 2.24) is 0 Å². The molecule has 1 fully saturated rings. The van der Waals surface area contributed by atoms with Crippen molar-refractivity contribution in [3.05, 3.63) is 23.3 Å². The Bertz CT molecular complexity index is 398. The first kappa shape index (κ1) is 21.4. The highest BCUT2D eigenvalue weighted by molar-refractivity contribution is 5.03. The van der Waals surface area contributed by atoms with Crippen molar-refractivity contribution in [1.29, 1.82) is 0 Å². The third-order valence-electron chi connectivity index (χ3n) is 4.82. The maximum atomic E-state index is 5.87. The lowest BCUT2D eigenvalue weighted by Crippen LogP contribution is -2.40. The van der Waals surface area contributed by atoms with Crippen LogP contribution in [0.5, 0.6) is 0 Å². The summed E-state index contributed by atoms with van der Waals surface area (Å²) in [5.74, 6) is 0.965. The summed E-state index contributed by atoms with van der Waals surface area (Å²) in [6, 6.07) is 0. The van der Waals surface area contributed by atoms with Gasteiger partial charge in [-0.3, -0.25) is 0 Å². The quantitative estimate of drug-likeness (QED) is 0.415. The van der Waals surface area contributed by atoms with Gasteiger partial charge >= 0.3 is 0 Å². The lowest BCUT2D eigenvalue weighted by atomic mass is 10.0. The third kappa shape index (κ3) is 9.64. The van der Waals surface area contributed by atoms with Crippen LogP contribution >= 0.6 is 0 Å². The van der Waals surface area contributed by atoms with Gasteiger partial charge in [0.15, 0.2) is 5.79 Å². The van der Waals surface area contributed by atoms with Crippen molar-refractivity contribution in [3.63, 3.8) is 0 Å². The highest BCUT2D eigenvalue weighted by atomic mass is 16.7. The second-order valence-electron chi connectivity index (χ2n) is 8.33. The first-order valence-corrected chi connectivity index (χ1v) is 9.90. The lowest BCUT2D eigenvalue weighted by molar-refractivity contribution is -0.273. The zero-order valence-corrected chi connectivity index (χ0v) is 17.0. The van der Waals surface area contributed by atoms with Gasteiger partial charge in [0, 0.05) is 12.3 Å². The predicted octanol–water partition coefficient (Wildman–Crippen LogP) is 6.66. The van der Waals surface area contributed by atoms with Crippen LogP contribution in [0.4, 0.5) is 0 Å². The second kappa shape index (κ2) is 11.1. The van der Waals surface area contributed by atoms with Crippen LogP contribution in [-0.2, 0) is 9.47 Å². The van der Waals surface area contributed by atoms with Crippen molar-refractivity contribution in [2.75, 3.05) is 13.2 Å². The molecule has 0 aromatic heterocycles. The largest absolute Gasteiger partial charge is 0.350 e. The number of ether oxygens (including phenoxy) is 2. The summed E-state index contributed by atoms with van der Waals surface area (Å²) < 4.78 is 11.7. The fourth-order valence-electron chi connectivity index (χ4n) is 2.99. The molecule has 0 amide bonds. The molecule has 1 heterocycles. The van der Waals surface area contributed by atoms with E-state index in [4.69, 9.17) is 9.47 Å². The van der Waals surface area contributed by atoms with Crippen LogP contribution in [0, 0.1) is 11.8 Å². The van der Waals surface area contributed by atoms with E-state index in [9.17, 15) is 0 Å². The molecule has 0 N–H and O–H groups in total. The first-order chi connectivity index (χ1) is 11.3. The van der Waals surface area contributed by atoms with E-state index >= 15 is 0 Å². The molecule has 1 aliphatic rings. The molecule has 24 heavy (non-hydrogen) atoms. The topological polar surface area (TPSA) is 18.5 Å². The summed E-state index contributed by atoms with van der Waals surface area (Å²) in [4.78, 5) is 0. The van der Waals surface area contributed by atoms with Gasteiger partial charge in [0.2, 0.25) is 0 Å². The normalized spacial score (nSPS) is 26.2. The third-order valence-corrected chi connectivity index (χ3v) is 4.82. The molecule has 0 radical (unpaired) electrons. The van der Waals surface area contributed by atoms with Gasteiger partial charge in [-0.15, -0.1) is 0 Å². The molecule has 0 aliphatic carbocycles. The van der Waals surface area contributed by atoms with Crippen LogP contribution < -0.4 is 0 Å². The second-order valence-corrected chi connectivity index (χ2v) is 8.33. The standard InChI is InChI=1S/C22H40O2/c1-18(2)10-7-11-19(3)12-8-13-20(4)14-9-15-22(6)23-16-21(5)17-24-22/h12,14,18,21H,7-11,13,15-17H2,1-6H3/b19-12+,20-14+. The van der Waals surface area contributed by atoms with Gasteiger partial charge in [-0.25, -0.2) is 0 Å². The Labute approximate surface area is 150 Å². The molecular formula is C22H40O2. The van der Waals surface area contributed by atoms with Gasteiger partial charge in [0.1, 0.15) is 0 Å². The zero-order chi connectivity index (χ0) is 18.0. The molecule has 2 heteroatoms. The van der Waals surface area contributed by atoms with Crippen molar-refractivity contribution in [2.24, 2.45) is 11.8 Å². The predicted molar refractivity (Wildman–Crippen MR) is 104 cm³/mol. The molecular weight excluding hydrogens is 296 g/mol. The van der Waals surface area contributed by atoms with Gasteiger partial charge in [0.05, 0.1) is 13.2 Å². The fourth-order valence-corrected chi connectivity index (χ4v) is 2.99. The smallest absolute Gasteiger partial charge is 0.165 e. The summed E-state index contributed by atoms with van der Waals surface area (Å²) in [5, 5.41) is 0. The van der Waals surface area contributed by atoms with E-state index in [1.165, 1.54) is 24.8 Å². The van der Waals surface area contributed by atoms with Crippen LogP contribution in [-0.4, -0.2) is 19.0 Å². The van der Waals surface area contributed by atoms with Gasteiger partial charge < -0.3 is 9.47 Å². The summed E-state index contributed by atoms with van der Waals surface area (Å²) in [6.07, 6.45) is 13.0. The number of hydrogen-bond acceptors (Lipinski definition) is 2. The Morgan fingerprint density at radius 3 is 2.25 bits per heavy atom. The Balaban J connectivity index is 2.20. The van der Waals surface area contributed by atoms with Crippen molar-refractivity contribution < 1.29 is 9.47 Å². The summed E-state index contributed by atoms with van der Waals surface area (Å²) >= 11 is 0. The van der Waals surface area contributed by atoms with Crippen molar-refractivity contribution >= 4 is 0 Å². The number of allylic oxidation sites excluding steroid dienone is 4. The molecule has 0 unspecified atom stereocenters. The van der Waals surface area contributed by atoms with Crippen molar-refractivity contribution in [2.45, 2.75) is 92.3 Å². The first-order valence-electron chi connectivity index (χ1n) is 9.90. The highest BCUT2D eigenvalue weighted by Gasteiger charge is 2.30. The van der Waals surface area contributed by atoms with E-state index in [1.54, 1.807) is 5.57 Å². The Morgan fingerprint density at radius 2 is 1.62 bits per heavy atom. The summed E-state index contributed by atoms with van der Waals surface area (Å²) in [7, 11) is 0. The molecule has 140 valence electrons. The SMILES string of the molecule is C/C(=C\CCC1(C)OCC(C)CO1)CC/C=C(\C)CCCC(C)C. The average Bonchev–Trinajstić information content (AvgIpc) is 2.50. The molecule has 0 atom stereocenters. The molecule has 0 aromatic rings. The molecule has 1 rings (SSSR count). The van der Waals surface area contributed by atoms with Crippen LogP contribution in [0.25, 0.3) is 0 Å². The molecule has 0 bridgehead atoms. The minimum absolute atomic E-state index is 0.379. The van der Waals surface area contributed by atoms with E-state index in [-0.39, 0.29) is 5.79 Å². The van der Waals surface area contributed by atoms with Crippen LogP contribution in [0.1, 0.15) is 86.5 Å². The Kier molecular flexibility index (Phi) is 9.92. The van der Waals surface area contributed by atoms with E-state index in [0.717, 1.165) is 44.8 Å². The van der Waals surface area contributed by atoms with E-state index in [1.807, 2.05) is 0 Å².